The molecule has 2 amide bonds. The molecule has 1 aliphatic rings. The number of hydrogen-bond donors (Lipinski definition) is 1. The lowest BCUT2D eigenvalue weighted by atomic mass is 9.94. The van der Waals surface area contributed by atoms with Gasteiger partial charge >= 0.3 is 0 Å². The van der Waals surface area contributed by atoms with Crippen LogP contribution in [0.4, 0.5) is 0 Å². The minimum Gasteiger partial charge on any atom is -0.352 e. The number of nitrogens with one attached hydrogen (secondary N) is 1. The molecule has 4 rings (SSSR count). The van der Waals surface area contributed by atoms with Gasteiger partial charge in [0.1, 0.15) is 6.04 Å². The van der Waals surface area contributed by atoms with Crippen molar-refractivity contribution < 1.29 is 9.59 Å². The Kier molecular flexibility index (Phi) is 10.7. The molecule has 0 unspecified atom stereocenters. The second-order valence-electron chi connectivity index (χ2n) is 10.2. The molecule has 0 spiro atoms. The zero-order valence-electron chi connectivity index (χ0n) is 22.1. The van der Waals surface area contributed by atoms with Gasteiger partial charge in [-0.3, -0.25) is 9.59 Å². The summed E-state index contributed by atoms with van der Waals surface area (Å²) >= 11 is 7.72. The predicted molar refractivity (Wildman–Crippen MR) is 158 cm³/mol. The predicted octanol–water partition coefficient (Wildman–Crippen LogP) is 6.97. The van der Waals surface area contributed by atoms with Crippen LogP contribution in [-0.4, -0.2) is 34.6 Å². The molecule has 1 aliphatic carbocycles. The van der Waals surface area contributed by atoms with E-state index in [0.29, 0.717) is 23.7 Å². The van der Waals surface area contributed by atoms with Crippen LogP contribution in [0.1, 0.15) is 54.4 Å². The molecule has 0 bridgehead atoms. The second-order valence-corrected chi connectivity index (χ2v) is 11.6. The number of thioether (sulfide) groups is 1. The van der Waals surface area contributed by atoms with Crippen LogP contribution >= 0.6 is 23.4 Å². The van der Waals surface area contributed by atoms with Crippen molar-refractivity contribution in [1.29, 1.82) is 0 Å². The molecule has 38 heavy (non-hydrogen) atoms. The number of hydrogen-bond acceptors (Lipinski definition) is 3. The molecule has 1 fully saturated rings. The third-order valence-corrected chi connectivity index (χ3v) is 8.31. The zero-order chi connectivity index (χ0) is 26.7. The third-order valence-electron chi connectivity index (χ3n) is 7.07. The van der Waals surface area contributed by atoms with E-state index in [4.69, 9.17) is 11.6 Å². The zero-order valence-corrected chi connectivity index (χ0v) is 23.6. The van der Waals surface area contributed by atoms with Gasteiger partial charge in [0.25, 0.3) is 0 Å². The first-order valence-corrected chi connectivity index (χ1v) is 15.0. The SMILES string of the molecule is Cc1cccc(CSCC(=O)N(Cc2ccc(Cl)cc2)[C@H](Cc2ccccc2)C(=O)NC2CCCCC2)c1. The standard InChI is InChI=1S/C32H37ClN2O2S/c1-24-9-8-12-27(19-24)22-38-23-31(36)35(21-26-15-17-28(33)18-16-26)30(20-25-10-4-2-5-11-25)32(37)34-29-13-6-3-7-14-29/h2,4-5,8-12,15-19,29-30H,3,6-7,13-14,20-23H2,1H3,(H,34,37)/t30-/m1/s1. The number of nitrogens with zero attached hydrogens (tertiary/aromatic N) is 1. The average molecular weight is 549 g/mol. The highest BCUT2D eigenvalue weighted by Gasteiger charge is 2.31. The summed E-state index contributed by atoms with van der Waals surface area (Å²) < 4.78 is 0. The third kappa shape index (κ3) is 8.64. The summed E-state index contributed by atoms with van der Waals surface area (Å²) in [7, 11) is 0. The molecule has 1 atom stereocenters. The second kappa shape index (κ2) is 14.4. The van der Waals surface area contributed by atoms with E-state index in [9.17, 15) is 9.59 Å². The van der Waals surface area contributed by atoms with Gasteiger partial charge in [-0.15, -0.1) is 11.8 Å². The van der Waals surface area contributed by atoms with E-state index in [2.05, 4.69) is 30.4 Å². The summed E-state index contributed by atoms with van der Waals surface area (Å²) in [6, 6.07) is 25.5. The summed E-state index contributed by atoms with van der Waals surface area (Å²) in [5, 5.41) is 3.95. The van der Waals surface area contributed by atoms with E-state index in [0.717, 1.165) is 42.6 Å². The van der Waals surface area contributed by atoms with Crippen molar-refractivity contribution in [3.63, 3.8) is 0 Å². The van der Waals surface area contributed by atoms with Gasteiger partial charge in [0.2, 0.25) is 11.8 Å². The molecule has 1 saturated carbocycles. The van der Waals surface area contributed by atoms with E-state index in [1.54, 1.807) is 16.7 Å². The van der Waals surface area contributed by atoms with Crippen molar-refractivity contribution in [2.75, 3.05) is 5.75 Å². The van der Waals surface area contributed by atoms with Crippen LogP contribution in [0.5, 0.6) is 0 Å². The Morgan fingerprint density at radius 3 is 2.34 bits per heavy atom. The van der Waals surface area contributed by atoms with Gasteiger partial charge in [-0.1, -0.05) is 103 Å². The Morgan fingerprint density at radius 2 is 1.63 bits per heavy atom. The van der Waals surface area contributed by atoms with Crippen molar-refractivity contribution in [1.82, 2.24) is 10.2 Å². The fourth-order valence-electron chi connectivity index (χ4n) is 5.03. The number of carbonyl (C=O) groups excluding carboxylic acids is 2. The maximum atomic E-state index is 13.8. The number of aryl methyl sites for hydroxylation is 1. The highest BCUT2D eigenvalue weighted by atomic mass is 35.5. The molecular weight excluding hydrogens is 512 g/mol. The van der Waals surface area contributed by atoms with E-state index >= 15 is 0 Å². The minimum absolute atomic E-state index is 0.0303. The van der Waals surface area contributed by atoms with Crippen molar-refractivity contribution in [3.05, 3.63) is 106 Å². The Balaban J connectivity index is 1.56. The highest BCUT2D eigenvalue weighted by molar-refractivity contribution is 7.99. The number of benzene rings is 3. The van der Waals surface area contributed by atoms with Crippen molar-refractivity contribution >= 4 is 35.2 Å². The van der Waals surface area contributed by atoms with Gasteiger partial charge in [0.05, 0.1) is 5.75 Å². The van der Waals surface area contributed by atoms with Crippen molar-refractivity contribution in [3.8, 4) is 0 Å². The first-order valence-electron chi connectivity index (χ1n) is 13.5. The molecule has 0 saturated heterocycles. The maximum Gasteiger partial charge on any atom is 0.243 e. The lowest BCUT2D eigenvalue weighted by Gasteiger charge is -2.33. The van der Waals surface area contributed by atoms with Crippen LogP contribution in [0.25, 0.3) is 0 Å². The molecule has 0 aromatic heterocycles. The Bertz CT molecular complexity index is 1180. The number of halogens is 1. The average Bonchev–Trinajstić information content (AvgIpc) is 2.93. The molecule has 4 nitrogen and oxygen atoms in total. The first-order chi connectivity index (χ1) is 18.5. The summed E-state index contributed by atoms with van der Waals surface area (Å²) in [5.41, 5.74) is 4.40. The molecular formula is C32H37ClN2O2S. The van der Waals surface area contributed by atoms with Crippen molar-refractivity contribution in [2.45, 2.75) is 69.8 Å². The van der Waals surface area contributed by atoms with Crippen LogP contribution in [-0.2, 0) is 28.3 Å². The highest BCUT2D eigenvalue weighted by Crippen LogP contribution is 2.22. The van der Waals surface area contributed by atoms with Gasteiger partial charge in [0.15, 0.2) is 0 Å². The van der Waals surface area contributed by atoms with Gasteiger partial charge in [-0.2, -0.15) is 0 Å². The molecule has 3 aromatic carbocycles. The molecule has 0 radical (unpaired) electrons. The first kappa shape index (κ1) is 28.3. The Hall–Kier alpha value is -2.76. The fraction of sp³-hybridized carbons (Fsp3) is 0.375. The van der Waals surface area contributed by atoms with Gasteiger partial charge in [-0.05, 0) is 48.6 Å². The van der Waals surface area contributed by atoms with E-state index in [1.807, 2.05) is 60.7 Å². The lowest BCUT2D eigenvalue weighted by Crippen LogP contribution is -2.53. The normalized spacial score (nSPS) is 14.6. The number of rotatable bonds is 11. The fourth-order valence-corrected chi connectivity index (χ4v) is 6.01. The van der Waals surface area contributed by atoms with Crippen LogP contribution in [0, 0.1) is 6.92 Å². The summed E-state index contributed by atoms with van der Waals surface area (Å²) in [4.78, 5) is 29.4. The van der Waals surface area contributed by atoms with Gasteiger partial charge in [-0.25, -0.2) is 0 Å². The maximum absolute atomic E-state index is 13.8. The minimum atomic E-state index is -0.595. The van der Waals surface area contributed by atoms with E-state index in [-0.39, 0.29) is 17.9 Å². The van der Waals surface area contributed by atoms with E-state index < -0.39 is 6.04 Å². The summed E-state index contributed by atoms with van der Waals surface area (Å²) in [6.07, 6.45) is 5.97. The van der Waals surface area contributed by atoms with Crippen LogP contribution in [0.15, 0.2) is 78.9 Å². The van der Waals surface area contributed by atoms with Gasteiger partial charge in [0, 0.05) is 29.8 Å². The topological polar surface area (TPSA) is 49.4 Å². The molecule has 200 valence electrons. The lowest BCUT2D eigenvalue weighted by molar-refractivity contribution is -0.139. The monoisotopic (exact) mass is 548 g/mol. The number of amides is 2. The molecule has 3 aromatic rings. The van der Waals surface area contributed by atoms with Gasteiger partial charge < -0.3 is 10.2 Å². The Morgan fingerprint density at radius 1 is 0.921 bits per heavy atom. The Labute approximate surface area is 236 Å². The molecule has 6 heteroatoms. The quantitative estimate of drug-likeness (QED) is 0.281. The smallest absolute Gasteiger partial charge is 0.243 e. The summed E-state index contributed by atoms with van der Waals surface area (Å²) in [5.74, 6) is 0.965. The molecule has 0 heterocycles. The molecule has 0 aliphatic heterocycles. The van der Waals surface area contributed by atoms with Crippen molar-refractivity contribution in [2.24, 2.45) is 0 Å². The summed E-state index contributed by atoms with van der Waals surface area (Å²) in [6.45, 7) is 2.43. The molecule has 1 N–H and O–H groups in total. The largest absolute Gasteiger partial charge is 0.352 e. The number of carbonyl (C=O) groups is 2. The van der Waals surface area contributed by atoms with E-state index in [1.165, 1.54) is 17.5 Å². The van der Waals surface area contributed by atoms with Crippen LogP contribution in [0.2, 0.25) is 5.02 Å². The van der Waals surface area contributed by atoms with Crippen LogP contribution < -0.4 is 5.32 Å². The van der Waals surface area contributed by atoms with Crippen LogP contribution in [0.3, 0.4) is 0 Å².